The Bertz CT molecular complexity index is 698. The van der Waals surface area contributed by atoms with Crippen LogP contribution in [0.15, 0.2) is 29.4 Å². The summed E-state index contributed by atoms with van der Waals surface area (Å²) in [5.41, 5.74) is 0.641. The molecule has 25 heavy (non-hydrogen) atoms. The minimum absolute atomic E-state index is 0.0166. The molecule has 7 nitrogen and oxygen atoms in total. The van der Waals surface area contributed by atoms with Gasteiger partial charge in [0.25, 0.3) is 0 Å². The third kappa shape index (κ3) is 4.79. The van der Waals surface area contributed by atoms with Crippen LogP contribution < -0.4 is 4.74 Å². The molecule has 8 heteroatoms. The largest absolute Gasteiger partial charge is 0.491 e. The van der Waals surface area contributed by atoms with E-state index in [1.54, 1.807) is 24.3 Å². The van der Waals surface area contributed by atoms with Crippen LogP contribution in [0.3, 0.4) is 0 Å². The summed E-state index contributed by atoms with van der Waals surface area (Å²) >= 11 is 1.44. The number of aliphatic hydroxyl groups is 1. The predicted molar refractivity (Wildman–Crippen MR) is 94.0 cm³/mol. The molecule has 1 aromatic heterocycles. The van der Waals surface area contributed by atoms with Gasteiger partial charge in [0.2, 0.25) is 5.16 Å². The fourth-order valence-corrected chi connectivity index (χ4v) is 3.71. The summed E-state index contributed by atoms with van der Waals surface area (Å²) in [6.07, 6.45) is 4.02. The number of aliphatic hydroxyl groups excluding tert-OH is 1. The molecule has 0 radical (unpaired) electrons. The Morgan fingerprint density at radius 1 is 1.36 bits per heavy atom. The highest BCUT2D eigenvalue weighted by atomic mass is 32.2. The normalized spacial score (nSPS) is 16.1. The van der Waals surface area contributed by atoms with Gasteiger partial charge in [-0.15, -0.1) is 5.10 Å². The first-order valence-electron chi connectivity index (χ1n) is 8.46. The molecule has 2 aromatic rings. The fraction of sp³-hybridized carbons (Fsp3) is 0.529. The second-order valence-electron chi connectivity index (χ2n) is 6.20. The van der Waals surface area contributed by atoms with Gasteiger partial charge in [0.15, 0.2) is 5.78 Å². The summed E-state index contributed by atoms with van der Waals surface area (Å²) in [5, 5.41) is 22.8. The Morgan fingerprint density at radius 3 is 2.76 bits per heavy atom. The zero-order valence-corrected chi connectivity index (χ0v) is 15.0. The number of hydrogen-bond donors (Lipinski definition) is 1. The quantitative estimate of drug-likeness (QED) is 0.570. The molecule has 0 aliphatic heterocycles. The zero-order chi connectivity index (χ0) is 17.6. The Morgan fingerprint density at radius 2 is 2.08 bits per heavy atom. The standard InChI is InChI=1S/C17H22N4O3S/c1-12(22)13-6-8-16(9-7-13)24-10-15(23)11-25-17-18-19-20-21(17)14-4-2-3-5-14/h6-9,14-15,23H,2-5,10-11H2,1H3. The van der Waals surface area contributed by atoms with Crippen molar-refractivity contribution in [1.82, 2.24) is 20.2 Å². The van der Waals surface area contributed by atoms with E-state index in [9.17, 15) is 9.90 Å². The Labute approximate surface area is 150 Å². The van der Waals surface area contributed by atoms with Gasteiger partial charge in [0, 0.05) is 11.3 Å². The number of ketones is 1. The van der Waals surface area contributed by atoms with Crippen LogP contribution in [0.1, 0.15) is 49.0 Å². The zero-order valence-electron chi connectivity index (χ0n) is 14.2. The van der Waals surface area contributed by atoms with E-state index in [1.807, 2.05) is 4.68 Å². The number of carbonyl (C=O) groups is 1. The highest BCUT2D eigenvalue weighted by molar-refractivity contribution is 7.99. The third-order valence-electron chi connectivity index (χ3n) is 4.24. The van der Waals surface area contributed by atoms with Crippen molar-refractivity contribution < 1.29 is 14.6 Å². The number of thioether (sulfide) groups is 1. The fourth-order valence-electron chi connectivity index (χ4n) is 2.86. The lowest BCUT2D eigenvalue weighted by Crippen LogP contribution is -2.20. The summed E-state index contributed by atoms with van der Waals surface area (Å²) in [5.74, 6) is 1.10. The minimum atomic E-state index is -0.633. The van der Waals surface area contributed by atoms with Crippen LogP contribution in [0.5, 0.6) is 5.75 Å². The van der Waals surface area contributed by atoms with Crippen LogP contribution in [-0.4, -0.2) is 49.6 Å². The van der Waals surface area contributed by atoms with E-state index in [1.165, 1.54) is 31.5 Å². The second-order valence-corrected chi connectivity index (χ2v) is 7.19. The van der Waals surface area contributed by atoms with Gasteiger partial charge in [-0.1, -0.05) is 24.6 Å². The van der Waals surface area contributed by atoms with E-state index < -0.39 is 6.10 Å². The number of ether oxygens (including phenoxy) is 1. The molecular formula is C17H22N4O3S. The summed E-state index contributed by atoms with van der Waals surface area (Å²) < 4.78 is 7.45. The Hall–Kier alpha value is -1.93. The maximum absolute atomic E-state index is 11.2. The highest BCUT2D eigenvalue weighted by Crippen LogP contribution is 2.31. The average Bonchev–Trinajstić information content (AvgIpc) is 3.29. The van der Waals surface area contributed by atoms with Gasteiger partial charge in [-0.05, 0) is 54.5 Å². The topological polar surface area (TPSA) is 90.1 Å². The number of nitrogens with zero attached hydrogens (tertiary/aromatic N) is 4. The molecule has 1 atom stereocenters. The average molecular weight is 362 g/mol. The molecule has 1 N–H and O–H groups in total. The lowest BCUT2D eigenvalue weighted by Gasteiger charge is -2.14. The van der Waals surface area contributed by atoms with E-state index in [0.717, 1.165) is 18.0 Å². The van der Waals surface area contributed by atoms with Crippen molar-refractivity contribution in [3.63, 3.8) is 0 Å². The number of tetrazole rings is 1. The van der Waals surface area contributed by atoms with Crippen molar-refractivity contribution in [2.24, 2.45) is 0 Å². The number of Topliss-reactive ketones (excluding diaryl/α,β-unsaturated/α-hetero) is 1. The molecule has 1 aliphatic rings. The van der Waals surface area contributed by atoms with Crippen LogP contribution in [0.2, 0.25) is 0 Å². The molecule has 0 bridgehead atoms. The number of rotatable bonds is 8. The maximum Gasteiger partial charge on any atom is 0.209 e. The predicted octanol–water partition coefficient (Wildman–Crippen LogP) is 2.52. The van der Waals surface area contributed by atoms with Crippen LogP contribution in [0, 0.1) is 0 Å². The molecule has 1 fully saturated rings. The van der Waals surface area contributed by atoms with E-state index >= 15 is 0 Å². The summed E-state index contributed by atoms with van der Waals surface area (Å²) in [4.78, 5) is 11.2. The molecule has 3 rings (SSSR count). The van der Waals surface area contributed by atoms with Crippen LogP contribution in [0.25, 0.3) is 0 Å². The van der Waals surface area contributed by atoms with Crippen molar-refractivity contribution in [3.05, 3.63) is 29.8 Å². The minimum Gasteiger partial charge on any atom is -0.491 e. The summed E-state index contributed by atoms with van der Waals surface area (Å²) in [6, 6.07) is 7.28. The monoisotopic (exact) mass is 362 g/mol. The van der Waals surface area contributed by atoms with E-state index in [2.05, 4.69) is 15.5 Å². The Kier molecular flexibility index (Phi) is 6.04. The van der Waals surface area contributed by atoms with Crippen LogP contribution >= 0.6 is 11.8 Å². The second kappa shape index (κ2) is 8.44. The lowest BCUT2D eigenvalue weighted by atomic mass is 10.1. The molecule has 1 saturated carbocycles. The van der Waals surface area contributed by atoms with Gasteiger partial charge >= 0.3 is 0 Å². The summed E-state index contributed by atoms with van der Waals surface area (Å²) in [7, 11) is 0. The van der Waals surface area contributed by atoms with E-state index in [-0.39, 0.29) is 12.4 Å². The molecule has 134 valence electrons. The highest BCUT2D eigenvalue weighted by Gasteiger charge is 2.22. The smallest absolute Gasteiger partial charge is 0.209 e. The van der Waals surface area contributed by atoms with Gasteiger partial charge in [0.05, 0.1) is 12.1 Å². The first kappa shape index (κ1) is 17.9. The van der Waals surface area contributed by atoms with Gasteiger partial charge < -0.3 is 9.84 Å². The number of carbonyl (C=O) groups excluding carboxylic acids is 1. The number of aromatic nitrogens is 4. The number of hydrogen-bond acceptors (Lipinski definition) is 7. The van der Waals surface area contributed by atoms with Crippen molar-refractivity contribution in [2.45, 2.75) is 49.9 Å². The first-order chi connectivity index (χ1) is 12.1. The van der Waals surface area contributed by atoms with E-state index in [4.69, 9.17) is 4.74 Å². The third-order valence-corrected chi connectivity index (χ3v) is 5.32. The molecule has 1 heterocycles. The SMILES string of the molecule is CC(=O)c1ccc(OCC(O)CSc2nnnn2C2CCCC2)cc1. The molecule has 0 amide bonds. The molecule has 1 aromatic carbocycles. The maximum atomic E-state index is 11.2. The summed E-state index contributed by atoms with van der Waals surface area (Å²) in [6.45, 7) is 1.70. The van der Waals surface area contributed by atoms with Crippen LogP contribution in [-0.2, 0) is 0 Å². The molecule has 0 spiro atoms. The molecular weight excluding hydrogens is 340 g/mol. The van der Waals surface area contributed by atoms with Crippen molar-refractivity contribution >= 4 is 17.5 Å². The Balaban J connectivity index is 1.46. The van der Waals surface area contributed by atoms with Crippen molar-refractivity contribution in [2.75, 3.05) is 12.4 Å². The van der Waals surface area contributed by atoms with Crippen LogP contribution in [0.4, 0.5) is 0 Å². The van der Waals surface area contributed by atoms with Crippen molar-refractivity contribution in [3.8, 4) is 5.75 Å². The molecule has 1 aliphatic carbocycles. The van der Waals surface area contributed by atoms with Gasteiger partial charge in [-0.25, -0.2) is 4.68 Å². The number of benzene rings is 1. The molecule has 1 unspecified atom stereocenters. The van der Waals surface area contributed by atoms with Gasteiger partial charge in [0.1, 0.15) is 12.4 Å². The first-order valence-corrected chi connectivity index (χ1v) is 9.44. The van der Waals surface area contributed by atoms with Gasteiger partial charge in [-0.3, -0.25) is 4.79 Å². The lowest BCUT2D eigenvalue weighted by molar-refractivity contribution is 0.101. The van der Waals surface area contributed by atoms with Gasteiger partial charge in [-0.2, -0.15) is 0 Å². The van der Waals surface area contributed by atoms with E-state index in [0.29, 0.717) is 23.1 Å². The molecule has 0 saturated heterocycles. The van der Waals surface area contributed by atoms with Crippen molar-refractivity contribution in [1.29, 1.82) is 0 Å².